The fourth-order valence-electron chi connectivity index (χ4n) is 11.0. The minimum absolute atomic E-state index is 0.103. The van der Waals surface area contributed by atoms with Crippen LogP contribution in [0.3, 0.4) is 0 Å². The second-order valence-corrected chi connectivity index (χ2v) is 23.8. The van der Waals surface area contributed by atoms with E-state index in [2.05, 4.69) is 86.3 Å². The number of anilines is 1. The van der Waals surface area contributed by atoms with E-state index >= 15 is 0 Å². The maximum atomic E-state index is 14.0. The molecule has 2 N–H and O–H groups in total. The number of amides is 1. The van der Waals surface area contributed by atoms with Gasteiger partial charge in [-0.2, -0.15) is 0 Å². The molecule has 5 unspecified atom stereocenters. The zero-order valence-corrected chi connectivity index (χ0v) is 35.6. The predicted octanol–water partition coefficient (Wildman–Crippen LogP) is 10.6. The summed E-state index contributed by atoms with van der Waals surface area (Å²) in [6, 6.07) is 13.8. The van der Waals surface area contributed by atoms with E-state index in [4.69, 9.17) is 18.6 Å². The Hall–Kier alpha value is -3.14. The Morgan fingerprint density at radius 2 is 1.60 bits per heavy atom. The number of hydrogen-bond acceptors (Lipinski definition) is 7. The van der Waals surface area contributed by atoms with Crippen LogP contribution in [0.2, 0.25) is 16.6 Å². The summed E-state index contributed by atoms with van der Waals surface area (Å²) in [4.78, 5) is 27.1. The van der Waals surface area contributed by atoms with Gasteiger partial charge in [-0.1, -0.05) is 105 Å². The summed E-state index contributed by atoms with van der Waals surface area (Å²) in [6.07, 6.45) is 0.280. The van der Waals surface area contributed by atoms with Gasteiger partial charge in [0.25, 0.3) is 8.32 Å². The normalized spacial score (nSPS) is 27.5. The van der Waals surface area contributed by atoms with Crippen LogP contribution < -0.4 is 9.74 Å². The zero-order valence-electron chi connectivity index (χ0n) is 34.6. The molecule has 0 aromatic heterocycles. The van der Waals surface area contributed by atoms with Crippen LogP contribution >= 0.6 is 0 Å². The maximum absolute atomic E-state index is 14.0. The lowest BCUT2D eigenvalue weighted by atomic mass is 9.54. The molecule has 0 aliphatic heterocycles. The van der Waals surface area contributed by atoms with Gasteiger partial charge in [-0.3, -0.25) is 10.1 Å². The largest absolute Gasteiger partial charge is 0.541 e. The number of carbonyl (C=O) groups excluding carboxylic acids is 2. The number of carbonyl (C=O) groups is 2. The molecular formula is C44H65NO7Si. The molecule has 0 radical (unpaired) electrons. The van der Waals surface area contributed by atoms with Gasteiger partial charge in [0.05, 0.1) is 5.69 Å². The van der Waals surface area contributed by atoms with Crippen molar-refractivity contribution in [3.05, 3.63) is 65.7 Å². The second kappa shape index (κ2) is 14.2. The van der Waals surface area contributed by atoms with Crippen molar-refractivity contribution in [3.8, 4) is 5.75 Å². The smallest absolute Gasteiger partial charge is 0.412 e. The minimum Gasteiger partial charge on any atom is -0.541 e. The Morgan fingerprint density at radius 1 is 0.981 bits per heavy atom. The van der Waals surface area contributed by atoms with Crippen molar-refractivity contribution >= 4 is 31.6 Å². The van der Waals surface area contributed by atoms with Crippen molar-refractivity contribution in [3.63, 3.8) is 0 Å². The number of aryl methyl sites for hydroxylation is 1. The first-order chi connectivity index (χ1) is 24.5. The van der Waals surface area contributed by atoms with E-state index in [1.54, 1.807) is 0 Å². The number of benzene rings is 2. The van der Waals surface area contributed by atoms with Gasteiger partial charge >= 0.3 is 12.1 Å². The Kier molecular flexibility index (Phi) is 11.0. The van der Waals surface area contributed by atoms with E-state index in [0.29, 0.717) is 37.3 Å². The number of ether oxygens (including phenoxy) is 3. The third-order valence-corrected chi connectivity index (χ3v) is 19.4. The molecule has 2 saturated carbocycles. The third kappa shape index (κ3) is 6.26. The van der Waals surface area contributed by atoms with Crippen LogP contribution in [0.15, 0.2) is 49.0 Å². The van der Waals surface area contributed by atoms with Crippen LogP contribution in [0.4, 0.5) is 10.5 Å². The van der Waals surface area contributed by atoms with Crippen molar-refractivity contribution in [1.82, 2.24) is 0 Å². The molecule has 2 bridgehead atoms. The van der Waals surface area contributed by atoms with Crippen molar-refractivity contribution in [2.75, 3.05) is 11.9 Å². The molecule has 0 heterocycles. The van der Waals surface area contributed by atoms with Crippen molar-refractivity contribution in [2.45, 2.75) is 155 Å². The first-order valence-electron chi connectivity index (χ1n) is 19.7. The summed E-state index contributed by atoms with van der Waals surface area (Å²) in [5, 5.41) is 16.1. The monoisotopic (exact) mass is 747 g/mol. The molecule has 5 rings (SSSR count). The molecule has 53 heavy (non-hydrogen) atoms. The number of nitrogens with one attached hydrogen (secondary N) is 1. The number of para-hydroxylation sites is 1. The SMILES string of the molecule is C=C1CC2(O)C(OCC)(c3ccccc31)C1CC(OC(=O)CCc3cccc(NC(=O)OC(C)(C)C)c3O[Si](C(C)C)(C(C)C)C(C)C)C2(C)C1(C)C. The van der Waals surface area contributed by atoms with Crippen LogP contribution in [0.25, 0.3) is 5.57 Å². The van der Waals surface area contributed by atoms with Gasteiger partial charge in [0.2, 0.25) is 0 Å². The molecule has 292 valence electrons. The van der Waals surface area contributed by atoms with Gasteiger partial charge in [-0.25, -0.2) is 4.79 Å². The van der Waals surface area contributed by atoms with Crippen LogP contribution in [0.5, 0.6) is 5.75 Å². The number of rotatable bonds is 12. The lowest BCUT2D eigenvalue weighted by Crippen LogP contribution is -2.67. The third-order valence-electron chi connectivity index (χ3n) is 13.4. The highest BCUT2D eigenvalue weighted by Crippen LogP contribution is 2.80. The van der Waals surface area contributed by atoms with Gasteiger partial charge in [0.1, 0.15) is 28.7 Å². The van der Waals surface area contributed by atoms with Crippen molar-refractivity contribution in [1.29, 1.82) is 0 Å². The van der Waals surface area contributed by atoms with Crippen LogP contribution in [0.1, 0.15) is 126 Å². The number of fused-ring (bicyclic) bond motifs is 7. The Balaban J connectivity index is 1.46. The van der Waals surface area contributed by atoms with E-state index < -0.39 is 48.1 Å². The maximum Gasteiger partial charge on any atom is 0.412 e. The second-order valence-electron chi connectivity index (χ2n) is 18.4. The lowest BCUT2D eigenvalue weighted by molar-refractivity contribution is -0.261. The van der Waals surface area contributed by atoms with Gasteiger partial charge in [-0.05, 0) is 90.9 Å². The average Bonchev–Trinajstić information content (AvgIpc) is 3.30. The summed E-state index contributed by atoms with van der Waals surface area (Å²) in [6.45, 7) is 32.1. The molecule has 3 aliphatic rings. The minimum atomic E-state index is -2.48. The van der Waals surface area contributed by atoms with E-state index in [-0.39, 0.29) is 34.9 Å². The average molecular weight is 748 g/mol. The molecule has 9 heteroatoms. The van der Waals surface area contributed by atoms with Crippen LogP contribution in [-0.2, 0) is 31.0 Å². The van der Waals surface area contributed by atoms with E-state index in [1.807, 2.05) is 58.0 Å². The summed E-state index contributed by atoms with van der Waals surface area (Å²) < 4.78 is 26.1. The van der Waals surface area contributed by atoms with Crippen LogP contribution in [-0.4, -0.2) is 49.4 Å². The number of aliphatic hydroxyl groups is 1. The fourth-order valence-corrected chi connectivity index (χ4v) is 16.3. The van der Waals surface area contributed by atoms with Gasteiger partial charge in [0, 0.05) is 30.8 Å². The molecule has 1 amide bonds. The zero-order chi connectivity index (χ0) is 39.5. The topological polar surface area (TPSA) is 103 Å². The Labute approximate surface area is 319 Å². The standard InChI is InChI=1S/C44H65NO7Si/c1-15-49-44-33-21-17-16-20-32(33)30(8)26-43(44,48)42(14)36(25-35(44)41(42,12)13)50-37(46)24-23-31-19-18-22-34(45-39(47)51-40(9,10)11)38(31)52-53(27(2)3,28(4)5)29(6)7/h16-22,27-29,35-36,48H,8,15,23-26H2,1-7,9-14H3,(H,45,47). The van der Waals surface area contributed by atoms with Gasteiger partial charge in [-0.15, -0.1) is 0 Å². The van der Waals surface area contributed by atoms with Crippen molar-refractivity contribution in [2.24, 2.45) is 16.7 Å². The molecule has 5 atom stereocenters. The van der Waals surface area contributed by atoms with Gasteiger partial charge in [0.15, 0.2) is 0 Å². The Morgan fingerprint density at radius 3 is 2.19 bits per heavy atom. The molecule has 0 saturated heterocycles. The van der Waals surface area contributed by atoms with E-state index in [0.717, 1.165) is 22.3 Å². The molecule has 2 aromatic rings. The summed E-state index contributed by atoms with van der Waals surface area (Å²) in [5.41, 5.74) is 0.857. The molecule has 2 aromatic carbocycles. The molecule has 8 nitrogen and oxygen atoms in total. The quantitative estimate of drug-likeness (QED) is 0.165. The highest BCUT2D eigenvalue weighted by molar-refractivity contribution is 6.78. The van der Waals surface area contributed by atoms with Gasteiger partial charge < -0.3 is 23.7 Å². The van der Waals surface area contributed by atoms with E-state index in [1.165, 1.54) is 0 Å². The Bertz CT molecular complexity index is 1700. The first kappa shape index (κ1) is 41.0. The summed E-state index contributed by atoms with van der Waals surface area (Å²) in [5.74, 6) is 0.155. The molecular weight excluding hydrogens is 683 g/mol. The van der Waals surface area contributed by atoms with E-state index in [9.17, 15) is 14.7 Å². The number of esters is 1. The predicted molar refractivity (Wildman–Crippen MR) is 215 cm³/mol. The summed E-state index contributed by atoms with van der Waals surface area (Å²) in [7, 11) is -2.48. The lowest BCUT2D eigenvalue weighted by Gasteiger charge is -2.58. The molecule has 0 spiro atoms. The summed E-state index contributed by atoms with van der Waals surface area (Å²) >= 11 is 0. The van der Waals surface area contributed by atoms with Crippen LogP contribution in [0, 0.1) is 16.7 Å². The van der Waals surface area contributed by atoms with Crippen molar-refractivity contribution < 1.29 is 33.3 Å². The number of hydrogen-bond donors (Lipinski definition) is 2. The molecule has 3 aliphatic carbocycles. The molecule has 2 fully saturated rings. The highest BCUT2D eigenvalue weighted by Gasteiger charge is 2.85. The fraction of sp³-hybridized carbons (Fsp3) is 0.636. The first-order valence-corrected chi connectivity index (χ1v) is 21.8. The highest BCUT2D eigenvalue weighted by atomic mass is 28.4.